The molecule has 1 unspecified atom stereocenters. The first-order chi connectivity index (χ1) is 11.2. The Balaban J connectivity index is 2.18. The van der Waals surface area contributed by atoms with Crippen LogP contribution in [0.4, 0.5) is 0 Å². The molecule has 23 heavy (non-hydrogen) atoms. The topological polar surface area (TPSA) is 66.5 Å². The molecule has 0 fully saturated rings. The molecule has 0 aliphatic rings. The van der Waals surface area contributed by atoms with Gasteiger partial charge < -0.3 is 15.9 Å². The van der Waals surface area contributed by atoms with Gasteiger partial charge in [-0.3, -0.25) is 0 Å². The maximum atomic E-state index is 9.93. The molecule has 1 aromatic rings. The predicted molar refractivity (Wildman–Crippen MR) is 98.4 cm³/mol. The first-order valence-electron chi connectivity index (χ1n) is 8.80. The highest BCUT2D eigenvalue weighted by atomic mass is 32.1. The van der Waals surface area contributed by atoms with E-state index in [1.807, 2.05) is 11.4 Å². The Bertz CT molecular complexity index is 475. The van der Waals surface area contributed by atoms with Crippen molar-refractivity contribution in [3.8, 4) is 11.8 Å². The van der Waals surface area contributed by atoms with E-state index in [4.69, 9.17) is 10.8 Å². The summed E-state index contributed by atoms with van der Waals surface area (Å²) in [6.07, 6.45) is 10.6. The average molecular weight is 338 g/mol. The summed E-state index contributed by atoms with van der Waals surface area (Å²) in [4.78, 5) is 0.767. The van der Waals surface area contributed by atoms with E-state index in [9.17, 15) is 5.11 Å². The van der Waals surface area contributed by atoms with Crippen molar-refractivity contribution < 1.29 is 10.2 Å². The molecular formula is C19H31NO2S. The maximum Gasteiger partial charge on any atom is 0.105 e. The van der Waals surface area contributed by atoms with Crippen LogP contribution in [0.25, 0.3) is 0 Å². The fourth-order valence-corrected chi connectivity index (χ4v) is 3.30. The Morgan fingerprint density at radius 3 is 2.43 bits per heavy atom. The number of aliphatic hydroxyl groups excluding tert-OH is 2. The van der Waals surface area contributed by atoms with E-state index in [2.05, 4.69) is 18.8 Å². The van der Waals surface area contributed by atoms with Crippen LogP contribution in [0.2, 0.25) is 0 Å². The molecule has 0 amide bonds. The molecule has 0 aromatic carbocycles. The van der Waals surface area contributed by atoms with Crippen molar-refractivity contribution in [2.75, 3.05) is 6.61 Å². The lowest BCUT2D eigenvalue weighted by Crippen LogP contribution is -2.31. The Morgan fingerprint density at radius 2 is 1.78 bits per heavy atom. The van der Waals surface area contributed by atoms with Crippen molar-refractivity contribution >= 4 is 11.3 Å². The lowest BCUT2D eigenvalue weighted by molar-refractivity contribution is 0.112. The highest BCUT2D eigenvalue weighted by Gasteiger charge is 2.17. The molecule has 0 aliphatic carbocycles. The van der Waals surface area contributed by atoms with Gasteiger partial charge in [-0.15, -0.1) is 11.3 Å². The number of nitrogens with two attached hydrogens (primary N) is 1. The largest absolute Gasteiger partial charge is 0.395 e. The van der Waals surface area contributed by atoms with E-state index in [0.29, 0.717) is 0 Å². The molecule has 1 aromatic heterocycles. The van der Waals surface area contributed by atoms with Gasteiger partial charge in [0.25, 0.3) is 0 Å². The fraction of sp³-hybridized carbons (Fsp3) is 0.684. The van der Waals surface area contributed by atoms with Crippen molar-refractivity contribution in [2.45, 2.75) is 76.9 Å². The molecule has 0 radical (unpaired) electrons. The first kappa shape index (κ1) is 20.2. The summed E-state index contributed by atoms with van der Waals surface area (Å²) in [5, 5.41) is 20.8. The second-order valence-corrected chi connectivity index (χ2v) is 7.00. The Labute approximate surface area is 144 Å². The van der Waals surface area contributed by atoms with Crippen LogP contribution in [0, 0.1) is 11.8 Å². The molecule has 0 spiro atoms. The zero-order chi connectivity index (χ0) is 16.9. The van der Waals surface area contributed by atoms with Gasteiger partial charge in [0.2, 0.25) is 0 Å². The number of thiophene rings is 1. The quantitative estimate of drug-likeness (QED) is 0.422. The number of hydrogen-bond donors (Lipinski definition) is 3. The van der Waals surface area contributed by atoms with E-state index in [1.165, 1.54) is 56.3 Å². The summed E-state index contributed by atoms with van der Waals surface area (Å²) in [5.74, 6) is 6.34. The minimum Gasteiger partial charge on any atom is -0.395 e. The Hall–Kier alpha value is -0.860. The van der Waals surface area contributed by atoms with Gasteiger partial charge in [-0.25, -0.2) is 0 Å². The van der Waals surface area contributed by atoms with Crippen LogP contribution in [-0.4, -0.2) is 22.9 Å². The van der Waals surface area contributed by atoms with Gasteiger partial charge in [0, 0.05) is 22.2 Å². The van der Waals surface area contributed by atoms with Crippen molar-refractivity contribution in [1.82, 2.24) is 0 Å². The molecule has 1 heterocycles. The second kappa shape index (κ2) is 12.5. The smallest absolute Gasteiger partial charge is 0.105 e. The van der Waals surface area contributed by atoms with Gasteiger partial charge in [-0.2, -0.15) is 0 Å². The minimum absolute atomic E-state index is 0.224. The van der Waals surface area contributed by atoms with E-state index in [0.717, 1.165) is 23.3 Å². The van der Waals surface area contributed by atoms with Crippen molar-refractivity contribution in [2.24, 2.45) is 5.73 Å². The average Bonchev–Trinajstić information content (AvgIpc) is 3.04. The second-order valence-electron chi connectivity index (χ2n) is 6.06. The number of aliphatic hydroxyl groups is 2. The molecule has 130 valence electrons. The fourth-order valence-electron chi connectivity index (χ4n) is 2.40. The molecule has 2 atom stereocenters. The van der Waals surface area contributed by atoms with Crippen molar-refractivity contribution in [3.63, 3.8) is 0 Å². The van der Waals surface area contributed by atoms with Crippen molar-refractivity contribution in [1.29, 1.82) is 0 Å². The number of hydrogen-bond acceptors (Lipinski definition) is 4. The molecule has 0 saturated carbocycles. The zero-order valence-corrected chi connectivity index (χ0v) is 15.1. The summed E-state index contributed by atoms with van der Waals surface area (Å²) in [5.41, 5.74) is 6.56. The van der Waals surface area contributed by atoms with Gasteiger partial charge in [0.1, 0.15) is 6.10 Å². The standard InChI is InChI=1S/C19H31NO2S/c1-2-3-4-5-6-7-8-9-10-11-12-16-13-18(23-15-16)19(22)17(20)14-21/h13,15,17,19,21-22H,2-10,14,20H2,1H3/t17-,19?/m1/s1. The number of rotatable bonds is 11. The van der Waals surface area contributed by atoms with E-state index >= 15 is 0 Å². The van der Waals surface area contributed by atoms with Gasteiger partial charge in [-0.05, 0) is 12.5 Å². The summed E-state index contributed by atoms with van der Waals surface area (Å²) < 4.78 is 0. The van der Waals surface area contributed by atoms with Gasteiger partial charge in [0.05, 0.1) is 12.6 Å². The molecule has 4 N–H and O–H groups in total. The van der Waals surface area contributed by atoms with E-state index < -0.39 is 12.1 Å². The van der Waals surface area contributed by atoms with Crippen LogP contribution in [0.3, 0.4) is 0 Å². The van der Waals surface area contributed by atoms with Crippen LogP contribution in [0.15, 0.2) is 11.4 Å². The molecule has 0 saturated heterocycles. The lowest BCUT2D eigenvalue weighted by atomic mass is 10.1. The summed E-state index contributed by atoms with van der Waals surface area (Å²) in [6, 6.07) is 1.23. The zero-order valence-electron chi connectivity index (χ0n) is 14.3. The minimum atomic E-state index is -0.812. The first-order valence-corrected chi connectivity index (χ1v) is 9.68. The van der Waals surface area contributed by atoms with Crippen LogP contribution in [0.5, 0.6) is 0 Å². The third-order valence-electron chi connectivity index (χ3n) is 3.92. The summed E-state index contributed by atoms with van der Waals surface area (Å²) in [6.45, 7) is 2.02. The van der Waals surface area contributed by atoms with Crippen LogP contribution in [0.1, 0.15) is 81.3 Å². The number of unbranched alkanes of at least 4 members (excludes halogenated alkanes) is 8. The monoisotopic (exact) mass is 337 g/mol. The summed E-state index contributed by atoms with van der Waals surface area (Å²) in [7, 11) is 0. The van der Waals surface area contributed by atoms with E-state index in [-0.39, 0.29) is 6.61 Å². The molecule has 1 rings (SSSR count). The third-order valence-corrected chi connectivity index (χ3v) is 4.92. The highest BCUT2D eigenvalue weighted by molar-refractivity contribution is 7.10. The predicted octanol–water partition coefficient (Wildman–Crippen LogP) is 3.98. The highest BCUT2D eigenvalue weighted by Crippen LogP contribution is 2.23. The lowest BCUT2D eigenvalue weighted by Gasteiger charge is -2.14. The molecule has 0 bridgehead atoms. The van der Waals surface area contributed by atoms with Crippen LogP contribution in [-0.2, 0) is 0 Å². The van der Waals surface area contributed by atoms with Gasteiger partial charge in [-0.1, -0.05) is 63.7 Å². The Morgan fingerprint density at radius 1 is 1.13 bits per heavy atom. The van der Waals surface area contributed by atoms with Gasteiger partial charge >= 0.3 is 0 Å². The van der Waals surface area contributed by atoms with Crippen LogP contribution < -0.4 is 5.73 Å². The maximum absolute atomic E-state index is 9.93. The third kappa shape index (κ3) is 8.53. The van der Waals surface area contributed by atoms with Crippen LogP contribution >= 0.6 is 11.3 Å². The molecule has 0 aliphatic heterocycles. The van der Waals surface area contributed by atoms with Crippen molar-refractivity contribution in [3.05, 3.63) is 21.9 Å². The summed E-state index contributed by atoms with van der Waals surface area (Å²) >= 11 is 1.44. The Kier molecular flexibility index (Phi) is 11.0. The van der Waals surface area contributed by atoms with Gasteiger partial charge in [0.15, 0.2) is 0 Å². The molecule has 3 nitrogen and oxygen atoms in total. The normalized spacial score (nSPS) is 13.4. The molecule has 4 heteroatoms. The molecular weight excluding hydrogens is 306 g/mol. The SMILES string of the molecule is CCCCCCCCCCC#Cc1csc(C(O)[C@H](N)CO)c1. The van der Waals surface area contributed by atoms with E-state index in [1.54, 1.807) is 0 Å².